The third kappa shape index (κ3) is 3.51. The third-order valence-corrected chi connectivity index (χ3v) is 3.76. The van der Waals surface area contributed by atoms with Crippen LogP contribution < -0.4 is 15.0 Å². The van der Waals surface area contributed by atoms with E-state index in [1.807, 2.05) is 0 Å². The second-order valence-electron chi connectivity index (χ2n) is 5.06. The van der Waals surface area contributed by atoms with Crippen molar-refractivity contribution in [2.24, 2.45) is 0 Å². The van der Waals surface area contributed by atoms with Crippen LogP contribution in [0.1, 0.15) is 5.76 Å². The smallest absolute Gasteiger partial charge is 0.270 e. The van der Waals surface area contributed by atoms with E-state index in [0.29, 0.717) is 17.2 Å². The molecule has 25 heavy (non-hydrogen) atoms. The van der Waals surface area contributed by atoms with Gasteiger partial charge in [-0.15, -0.1) is 0 Å². The van der Waals surface area contributed by atoms with Gasteiger partial charge in [-0.25, -0.2) is 0 Å². The quantitative estimate of drug-likeness (QED) is 0.519. The summed E-state index contributed by atoms with van der Waals surface area (Å²) < 4.78 is 10.3. The van der Waals surface area contributed by atoms with Gasteiger partial charge in [-0.1, -0.05) is 12.1 Å². The second kappa shape index (κ2) is 7.14. The first-order chi connectivity index (χ1) is 12.1. The lowest BCUT2D eigenvalue weighted by Gasteiger charge is -2.28. The first-order valence-corrected chi connectivity index (χ1v) is 7.76. The van der Waals surface area contributed by atoms with Crippen LogP contribution in [0.3, 0.4) is 0 Å². The number of amides is 2. The minimum atomic E-state index is -0.543. The summed E-state index contributed by atoms with van der Waals surface area (Å²) in [5.74, 6) is 0.137. The number of hydrogen-bond acceptors (Lipinski definition) is 5. The molecule has 0 spiro atoms. The van der Waals surface area contributed by atoms with Crippen LogP contribution in [-0.2, 0) is 9.59 Å². The Labute approximate surface area is 149 Å². The molecule has 6 nitrogen and oxygen atoms in total. The molecule has 0 radical (unpaired) electrons. The minimum Gasteiger partial charge on any atom is -0.497 e. The van der Waals surface area contributed by atoms with Crippen molar-refractivity contribution in [3.05, 3.63) is 66.1 Å². The van der Waals surface area contributed by atoms with Gasteiger partial charge in [-0.3, -0.25) is 19.8 Å². The van der Waals surface area contributed by atoms with Crippen molar-refractivity contribution in [2.45, 2.75) is 0 Å². The first-order valence-electron chi connectivity index (χ1n) is 7.36. The monoisotopic (exact) mass is 354 g/mol. The highest BCUT2D eigenvalue weighted by atomic mass is 32.1. The lowest BCUT2D eigenvalue weighted by molar-refractivity contribution is -0.122. The van der Waals surface area contributed by atoms with Gasteiger partial charge in [0.15, 0.2) is 5.11 Å². The van der Waals surface area contributed by atoms with E-state index in [2.05, 4.69) is 5.32 Å². The number of carbonyl (C=O) groups is 2. The van der Waals surface area contributed by atoms with Crippen LogP contribution in [-0.4, -0.2) is 24.0 Å². The fourth-order valence-corrected chi connectivity index (χ4v) is 2.57. The molecule has 2 heterocycles. The number of nitrogens with one attached hydrogen (secondary N) is 1. The number of thiocarbonyl (C=S) groups is 1. The molecule has 1 aliphatic rings. The molecular formula is C18H14N2O4S. The number of nitrogens with zero attached hydrogens (tertiary/aromatic N) is 1. The highest BCUT2D eigenvalue weighted by Crippen LogP contribution is 2.24. The van der Waals surface area contributed by atoms with Gasteiger partial charge in [0, 0.05) is 6.07 Å². The molecule has 2 amide bonds. The number of ether oxygens (including phenoxy) is 1. The summed E-state index contributed by atoms with van der Waals surface area (Å²) in [5.41, 5.74) is 0.481. The van der Waals surface area contributed by atoms with E-state index < -0.39 is 11.8 Å². The van der Waals surface area contributed by atoms with Crippen LogP contribution in [0, 0.1) is 0 Å². The maximum absolute atomic E-state index is 12.7. The number of methoxy groups -OCH3 is 1. The Morgan fingerprint density at radius 2 is 2.08 bits per heavy atom. The highest BCUT2D eigenvalue weighted by Gasteiger charge is 2.34. The van der Waals surface area contributed by atoms with E-state index in [-0.39, 0.29) is 10.7 Å². The molecule has 1 N–H and O–H groups in total. The Kier molecular flexibility index (Phi) is 4.76. The van der Waals surface area contributed by atoms with Crippen molar-refractivity contribution in [1.82, 2.24) is 5.32 Å². The second-order valence-corrected chi connectivity index (χ2v) is 5.44. The molecule has 1 fully saturated rings. The van der Waals surface area contributed by atoms with Crippen LogP contribution in [0.15, 0.2) is 64.8 Å². The van der Waals surface area contributed by atoms with E-state index in [0.717, 1.165) is 0 Å². The number of carbonyl (C=O) groups excluding carboxylic acids is 2. The summed E-state index contributed by atoms with van der Waals surface area (Å²) >= 11 is 5.15. The van der Waals surface area contributed by atoms with Crippen LogP contribution in [0.25, 0.3) is 6.08 Å². The number of benzene rings is 1. The molecule has 0 unspecified atom stereocenters. The van der Waals surface area contributed by atoms with Crippen LogP contribution in [0.5, 0.6) is 5.75 Å². The number of furan rings is 1. The summed E-state index contributed by atoms with van der Waals surface area (Å²) in [6, 6.07) is 10.4. The highest BCUT2D eigenvalue weighted by molar-refractivity contribution is 7.80. The van der Waals surface area contributed by atoms with Crippen molar-refractivity contribution in [3.63, 3.8) is 0 Å². The minimum absolute atomic E-state index is 0.0235. The van der Waals surface area contributed by atoms with E-state index >= 15 is 0 Å². The molecule has 3 rings (SSSR count). The predicted octanol–water partition coefficient (Wildman–Crippen LogP) is 2.68. The largest absolute Gasteiger partial charge is 0.497 e. The fourth-order valence-electron chi connectivity index (χ4n) is 2.29. The summed E-state index contributed by atoms with van der Waals surface area (Å²) in [6.45, 7) is 0. The number of allylic oxidation sites excluding steroid dienone is 2. The Balaban J connectivity index is 1.91. The molecule has 1 saturated heterocycles. The van der Waals surface area contributed by atoms with E-state index in [9.17, 15) is 9.59 Å². The van der Waals surface area contributed by atoms with Crippen molar-refractivity contribution in [2.75, 3.05) is 12.0 Å². The molecule has 0 atom stereocenters. The summed E-state index contributed by atoms with van der Waals surface area (Å²) in [5, 5.41) is 2.54. The Hall–Kier alpha value is -3.19. The lowest BCUT2D eigenvalue weighted by Crippen LogP contribution is -2.54. The Bertz CT molecular complexity index is 884. The summed E-state index contributed by atoms with van der Waals surface area (Å²) in [4.78, 5) is 26.1. The molecule has 1 aliphatic heterocycles. The van der Waals surface area contributed by atoms with E-state index in [4.69, 9.17) is 21.4 Å². The zero-order chi connectivity index (χ0) is 17.8. The number of hydrogen-bond donors (Lipinski definition) is 1. The number of anilines is 1. The van der Waals surface area contributed by atoms with Gasteiger partial charge in [-0.05, 0) is 48.6 Å². The molecular weight excluding hydrogens is 340 g/mol. The van der Waals surface area contributed by atoms with Gasteiger partial charge in [0.2, 0.25) is 0 Å². The zero-order valence-corrected chi connectivity index (χ0v) is 14.1. The topological polar surface area (TPSA) is 71.8 Å². The van der Waals surface area contributed by atoms with Gasteiger partial charge < -0.3 is 9.15 Å². The zero-order valence-electron chi connectivity index (χ0n) is 13.3. The first kappa shape index (κ1) is 16.7. The van der Waals surface area contributed by atoms with Gasteiger partial charge in [0.05, 0.1) is 19.1 Å². The van der Waals surface area contributed by atoms with Gasteiger partial charge >= 0.3 is 0 Å². The van der Waals surface area contributed by atoms with Crippen LogP contribution >= 0.6 is 12.2 Å². The Morgan fingerprint density at radius 1 is 1.24 bits per heavy atom. The van der Waals surface area contributed by atoms with Gasteiger partial charge in [0.1, 0.15) is 17.1 Å². The molecule has 0 aliphatic carbocycles. The standard InChI is InChI=1S/C18H14N2O4S/c1-23-14-7-2-5-12(11-14)20-17(22)15(16(21)19-18(20)25)9-3-6-13-8-4-10-24-13/h2-11H,1H3,(H,19,21,25). The molecule has 1 aromatic carbocycles. The molecule has 7 heteroatoms. The molecule has 2 aromatic rings. The lowest BCUT2D eigenvalue weighted by atomic mass is 10.1. The molecule has 1 aromatic heterocycles. The van der Waals surface area contributed by atoms with Gasteiger partial charge in [-0.2, -0.15) is 0 Å². The van der Waals surface area contributed by atoms with Crippen LogP contribution in [0.4, 0.5) is 5.69 Å². The van der Waals surface area contributed by atoms with Crippen molar-refractivity contribution < 1.29 is 18.7 Å². The van der Waals surface area contributed by atoms with Crippen molar-refractivity contribution in [1.29, 1.82) is 0 Å². The van der Waals surface area contributed by atoms with Crippen molar-refractivity contribution in [3.8, 4) is 5.75 Å². The average Bonchev–Trinajstić information content (AvgIpc) is 3.11. The Morgan fingerprint density at radius 3 is 2.80 bits per heavy atom. The van der Waals surface area contributed by atoms with Crippen molar-refractivity contribution >= 4 is 40.9 Å². The van der Waals surface area contributed by atoms with E-state index in [1.54, 1.807) is 48.6 Å². The average molecular weight is 354 g/mol. The van der Waals surface area contributed by atoms with Crippen LogP contribution in [0.2, 0.25) is 0 Å². The molecule has 0 saturated carbocycles. The fraction of sp³-hybridized carbons (Fsp3) is 0.0556. The molecule has 0 bridgehead atoms. The van der Waals surface area contributed by atoms with Gasteiger partial charge in [0.25, 0.3) is 11.8 Å². The SMILES string of the molecule is COc1cccc(N2C(=O)C(=CC=Cc3ccco3)C(=O)NC2=S)c1. The summed E-state index contributed by atoms with van der Waals surface area (Å²) in [7, 11) is 1.53. The maximum Gasteiger partial charge on any atom is 0.270 e. The number of rotatable bonds is 4. The maximum atomic E-state index is 12.7. The summed E-state index contributed by atoms with van der Waals surface area (Å²) in [6.07, 6.45) is 6.18. The van der Waals surface area contributed by atoms with E-state index in [1.165, 1.54) is 24.3 Å². The third-order valence-electron chi connectivity index (χ3n) is 3.48. The predicted molar refractivity (Wildman–Crippen MR) is 97.0 cm³/mol. The normalized spacial score (nSPS) is 16.6. The molecule has 126 valence electrons.